The molecule has 0 radical (unpaired) electrons. The second-order valence-corrected chi connectivity index (χ2v) is 8.64. The van der Waals surface area contributed by atoms with Gasteiger partial charge in [-0.15, -0.1) is 22.7 Å². The van der Waals surface area contributed by atoms with Gasteiger partial charge in [-0.05, 0) is 58.7 Å². The Morgan fingerprint density at radius 2 is 2.04 bits per heavy atom. The minimum atomic E-state index is -0.173. The quantitative estimate of drug-likeness (QED) is 0.457. The van der Waals surface area contributed by atoms with Crippen LogP contribution < -0.4 is 10.1 Å². The zero-order chi connectivity index (χ0) is 17.6. The molecule has 0 aliphatic heterocycles. The molecule has 0 unspecified atom stereocenters. The summed E-state index contributed by atoms with van der Waals surface area (Å²) < 4.78 is 6.67. The highest BCUT2D eigenvalue weighted by Crippen LogP contribution is 2.33. The van der Waals surface area contributed by atoms with E-state index in [0.29, 0.717) is 17.3 Å². The summed E-state index contributed by atoms with van der Waals surface area (Å²) in [5.41, 5.74) is 1.45. The average molecular weight is 437 g/mol. The van der Waals surface area contributed by atoms with Crippen molar-refractivity contribution in [2.75, 3.05) is 11.9 Å². The molecule has 1 N–H and O–H groups in total. The van der Waals surface area contributed by atoms with Gasteiger partial charge in [-0.1, -0.05) is 13.3 Å². The molecule has 25 heavy (non-hydrogen) atoms. The smallest absolute Gasteiger partial charge is 0.257 e. The molecule has 2 heterocycles. The number of hydrogen-bond donors (Lipinski definition) is 1. The number of unbranched alkanes of at least 4 members (excludes halogenated alkanes) is 1. The number of rotatable bonds is 7. The first-order chi connectivity index (χ1) is 12.2. The third kappa shape index (κ3) is 4.90. The van der Waals surface area contributed by atoms with Crippen LogP contribution in [0.5, 0.6) is 5.75 Å². The Hall–Kier alpha value is -1.70. The molecule has 0 bridgehead atoms. The van der Waals surface area contributed by atoms with Crippen LogP contribution in [0.1, 0.15) is 30.1 Å². The normalized spacial score (nSPS) is 10.6. The molecular weight excluding hydrogens is 420 g/mol. The molecular formula is C18H17BrN2O2S2. The second-order valence-electron chi connectivity index (χ2n) is 5.32. The van der Waals surface area contributed by atoms with Crippen LogP contribution in [-0.2, 0) is 0 Å². The summed E-state index contributed by atoms with van der Waals surface area (Å²) in [6.45, 7) is 2.82. The molecule has 1 amide bonds. The Morgan fingerprint density at radius 1 is 1.24 bits per heavy atom. The number of carbonyl (C=O) groups excluding carboxylic acids is 1. The average Bonchev–Trinajstić information content (AvgIpc) is 3.24. The largest absolute Gasteiger partial charge is 0.494 e. The summed E-state index contributed by atoms with van der Waals surface area (Å²) in [6.07, 6.45) is 2.12. The van der Waals surface area contributed by atoms with Gasteiger partial charge >= 0.3 is 0 Å². The van der Waals surface area contributed by atoms with Gasteiger partial charge in [0.2, 0.25) is 0 Å². The number of thiazole rings is 1. The zero-order valence-corrected chi connectivity index (χ0v) is 16.8. The van der Waals surface area contributed by atoms with Crippen LogP contribution in [0.4, 0.5) is 5.13 Å². The molecule has 0 spiro atoms. The Balaban J connectivity index is 1.61. The number of nitrogens with one attached hydrogen (secondary N) is 1. The molecule has 3 rings (SSSR count). The van der Waals surface area contributed by atoms with Gasteiger partial charge < -0.3 is 4.74 Å². The molecule has 130 valence electrons. The van der Waals surface area contributed by atoms with Gasteiger partial charge in [0.05, 0.1) is 21.0 Å². The minimum Gasteiger partial charge on any atom is -0.494 e. The third-order valence-electron chi connectivity index (χ3n) is 3.43. The monoisotopic (exact) mass is 436 g/mol. The molecule has 4 nitrogen and oxygen atoms in total. The van der Waals surface area contributed by atoms with Crippen LogP contribution in [0.3, 0.4) is 0 Å². The highest BCUT2D eigenvalue weighted by Gasteiger charge is 2.11. The van der Waals surface area contributed by atoms with Crippen molar-refractivity contribution in [3.8, 4) is 16.3 Å². The Labute approximate surface area is 163 Å². The molecule has 1 aromatic carbocycles. The van der Waals surface area contributed by atoms with E-state index in [-0.39, 0.29) is 5.91 Å². The lowest BCUT2D eigenvalue weighted by atomic mass is 10.2. The summed E-state index contributed by atoms with van der Waals surface area (Å²) in [5, 5.41) is 5.38. The van der Waals surface area contributed by atoms with E-state index in [4.69, 9.17) is 4.74 Å². The number of amides is 1. The Bertz CT molecular complexity index is 843. The molecule has 0 aliphatic rings. The van der Waals surface area contributed by atoms with Crippen LogP contribution in [0.25, 0.3) is 10.6 Å². The lowest BCUT2D eigenvalue weighted by Crippen LogP contribution is -2.11. The van der Waals surface area contributed by atoms with Crippen LogP contribution in [0, 0.1) is 0 Å². The number of benzene rings is 1. The molecule has 0 fully saturated rings. The SMILES string of the molecule is CCCCOc1ccc(C(=O)Nc2nc(-c3ccc(Br)s3)cs2)cc1. The summed E-state index contributed by atoms with van der Waals surface area (Å²) >= 11 is 6.48. The third-order valence-corrected chi connectivity index (χ3v) is 5.84. The second kappa shape index (κ2) is 8.60. The van der Waals surface area contributed by atoms with Gasteiger partial charge in [0.25, 0.3) is 5.91 Å². The van der Waals surface area contributed by atoms with Crippen LogP contribution in [0.15, 0.2) is 45.6 Å². The van der Waals surface area contributed by atoms with Crippen molar-refractivity contribution in [1.82, 2.24) is 4.98 Å². The Morgan fingerprint density at radius 3 is 2.72 bits per heavy atom. The zero-order valence-electron chi connectivity index (χ0n) is 13.6. The molecule has 0 atom stereocenters. The van der Waals surface area contributed by atoms with Gasteiger partial charge in [0, 0.05) is 10.9 Å². The number of carbonyl (C=O) groups is 1. The van der Waals surface area contributed by atoms with Gasteiger partial charge in [-0.25, -0.2) is 4.98 Å². The fraction of sp³-hybridized carbons (Fsp3) is 0.222. The van der Waals surface area contributed by atoms with E-state index in [1.165, 1.54) is 11.3 Å². The predicted octanol–water partition coefficient (Wildman–Crippen LogP) is 6.07. The molecule has 0 saturated carbocycles. The molecule has 0 aliphatic carbocycles. The van der Waals surface area contributed by atoms with Crippen molar-refractivity contribution in [3.05, 3.63) is 51.1 Å². The number of ether oxygens (including phenoxy) is 1. The van der Waals surface area contributed by atoms with Crippen LogP contribution >= 0.6 is 38.6 Å². The maximum Gasteiger partial charge on any atom is 0.257 e. The minimum absolute atomic E-state index is 0.173. The molecule has 7 heteroatoms. The van der Waals surface area contributed by atoms with E-state index >= 15 is 0 Å². The lowest BCUT2D eigenvalue weighted by Gasteiger charge is -2.06. The fourth-order valence-corrected chi connectivity index (χ4v) is 4.23. The molecule has 0 saturated heterocycles. The van der Waals surface area contributed by atoms with Gasteiger partial charge in [-0.2, -0.15) is 0 Å². The number of aromatic nitrogens is 1. The highest BCUT2D eigenvalue weighted by molar-refractivity contribution is 9.11. The summed E-state index contributed by atoms with van der Waals surface area (Å²) in [6, 6.07) is 11.2. The number of nitrogens with zero attached hydrogens (tertiary/aromatic N) is 1. The maximum absolute atomic E-state index is 12.3. The van der Waals surface area contributed by atoms with Crippen molar-refractivity contribution in [2.45, 2.75) is 19.8 Å². The van der Waals surface area contributed by atoms with E-state index in [1.54, 1.807) is 23.5 Å². The first-order valence-electron chi connectivity index (χ1n) is 7.91. The summed E-state index contributed by atoms with van der Waals surface area (Å²) in [5.74, 6) is 0.609. The van der Waals surface area contributed by atoms with E-state index < -0.39 is 0 Å². The van der Waals surface area contributed by atoms with Crippen molar-refractivity contribution >= 4 is 49.6 Å². The van der Waals surface area contributed by atoms with Crippen molar-refractivity contribution in [3.63, 3.8) is 0 Å². The van der Waals surface area contributed by atoms with Crippen molar-refractivity contribution in [1.29, 1.82) is 0 Å². The first kappa shape index (κ1) is 18.1. The van der Waals surface area contributed by atoms with Crippen molar-refractivity contribution in [2.24, 2.45) is 0 Å². The standard InChI is InChI=1S/C18H17BrN2O2S2/c1-2-3-10-23-13-6-4-12(5-7-13)17(22)21-18-20-14(11-24-18)15-8-9-16(19)25-15/h4-9,11H,2-3,10H2,1H3,(H,20,21,22). The summed E-state index contributed by atoms with van der Waals surface area (Å²) in [7, 11) is 0. The number of halogens is 1. The topological polar surface area (TPSA) is 51.2 Å². The maximum atomic E-state index is 12.3. The predicted molar refractivity (Wildman–Crippen MR) is 108 cm³/mol. The van der Waals surface area contributed by atoms with E-state index in [2.05, 4.69) is 33.2 Å². The van der Waals surface area contributed by atoms with Crippen LogP contribution in [-0.4, -0.2) is 17.5 Å². The van der Waals surface area contributed by atoms with Gasteiger partial charge in [0.15, 0.2) is 5.13 Å². The lowest BCUT2D eigenvalue weighted by molar-refractivity contribution is 0.102. The number of thiophene rings is 1. The van der Waals surface area contributed by atoms with Crippen LogP contribution in [0.2, 0.25) is 0 Å². The van der Waals surface area contributed by atoms with Crippen molar-refractivity contribution < 1.29 is 9.53 Å². The van der Waals surface area contributed by atoms with E-state index in [0.717, 1.165) is 32.9 Å². The Kier molecular flexibility index (Phi) is 6.23. The molecule has 3 aromatic rings. The molecule has 2 aromatic heterocycles. The number of hydrogen-bond acceptors (Lipinski definition) is 5. The van der Waals surface area contributed by atoms with Gasteiger partial charge in [-0.3, -0.25) is 10.1 Å². The fourth-order valence-electron chi connectivity index (χ4n) is 2.10. The van der Waals surface area contributed by atoms with Gasteiger partial charge in [0.1, 0.15) is 5.75 Å². The summed E-state index contributed by atoms with van der Waals surface area (Å²) in [4.78, 5) is 17.9. The van der Waals surface area contributed by atoms with E-state index in [1.807, 2.05) is 29.6 Å². The number of anilines is 1. The van der Waals surface area contributed by atoms with E-state index in [9.17, 15) is 4.79 Å². The first-order valence-corrected chi connectivity index (χ1v) is 10.4. The highest BCUT2D eigenvalue weighted by atomic mass is 79.9.